The van der Waals surface area contributed by atoms with Crippen LogP contribution < -0.4 is 10.6 Å². The molecule has 2 rings (SSSR count). The lowest BCUT2D eigenvalue weighted by Gasteiger charge is -2.18. The Morgan fingerprint density at radius 3 is 2.52 bits per heavy atom. The highest BCUT2D eigenvalue weighted by Gasteiger charge is 2.47. The average Bonchev–Trinajstić information content (AvgIpc) is 2.84. The molecule has 1 fully saturated rings. The van der Waals surface area contributed by atoms with Crippen LogP contribution in [0.2, 0.25) is 0 Å². The summed E-state index contributed by atoms with van der Waals surface area (Å²) in [7, 11) is 0. The molecular weight excluding hydrogens is 350 g/mol. The number of anilines is 1. The minimum absolute atomic E-state index is 0.219. The predicted octanol–water partition coefficient (Wildman–Crippen LogP) is 2.01. The van der Waals surface area contributed by atoms with Gasteiger partial charge in [-0.2, -0.15) is 0 Å². The number of para-hydroxylation sites is 1. The molecule has 1 aromatic carbocycles. The number of rotatable bonds is 7. The second kappa shape index (κ2) is 8.20. The molecule has 1 heterocycles. The Hall–Kier alpha value is -2.90. The zero-order valence-electron chi connectivity index (χ0n) is 16.0. The number of imide groups is 1. The van der Waals surface area contributed by atoms with E-state index in [0.29, 0.717) is 12.1 Å². The number of nitrogens with one attached hydrogen (secondary N) is 2. The van der Waals surface area contributed by atoms with Crippen LogP contribution in [0.4, 0.5) is 10.5 Å². The van der Waals surface area contributed by atoms with Gasteiger partial charge in [-0.25, -0.2) is 4.79 Å². The third-order valence-corrected chi connectivity index (χ3v) is 4.56. The predicted molar refractivity (Wildman–Crippen MR) is 99.1 cm³/mol. The summed E-state index contributed by atoms with van der Waals surface area (Å²) < 4.78 is 4.91. The van der Waals surface area contributed by atoms with Crippen LogP contribution in [0.15, 0.2) is 24.3 Å². The van der Waals surface area contributed by atoms with Gasteiger partial charge in [0.05, 0.1) is 0 Å². The Labute approximate surface area is 158 Å². The number of esters is 1. The summed E-state index contributed by atoms with van der Waals surface area (Å²) in [5, 5.41) is 5.25. The SMILES string of the molecule is CC[C@]1(C)NC(=O)N(CC(=O)OCC(=O)Nc2ccccc2C(C)C)C1=O. The number of carbonyl (C=O) groups is 4. The monoisotopic (exact) mass is 375 g/mol. The van der Waals surface area contributed by atoms with E-state index in [1.807, 2.05) is 26.0 Å². The van der Waals surface area contributed by atoms with Gasteiger partial charge in [-0.3, -0.25) is 19.3 Å². The van der Waals surface area contributed by atoms with E-state index in [0.717, 1.165) is 10.5 Å². The summed E-state index contributed by atoms with van der Waals surface area (Å²) in [6, 6.07) is 6.72. The van der Waals surface area contributed by atoms with Crippen LogP contribution in [-0.2, 0) is 19.1 Å². The maximum absolute atomic E-state index is 12.2. The van der Waals surface area contributed by atoms with Gasteiger partial charge in [-0.1, -0.05) is 39.0 Å². The third-order valence-electron chi connectivity index (χ3n) is 4.56. The molecule has 146 valence electrons. The Bertz CT molecular complexity index is 761. The van der Waals surface area contributed by atoms with E-state index < -0.39 is 42.5 Å². The number of carbonyl (C=O) groups excluding carboxylic acids is 4. The standard InChI is InChI=1S/C19H25N3O5/c1-5-19(4)17(25)22(18(26)21-19)10-16(24)27-11-15(23)20-14-9-7-6-8-13(14)12(2)3/h6-9,12H,5,10-11H2,1-4H3,(H,20,23)(H,21,26)/t19-/m0/s1. The molecule has 0 aromatic heterocycles. The van der Waals surface area contributed by atoms with E-state index >= 15 is 0 Å². The Balaban J connectivity index is 1.88. The van der Waals surface area contributed by atoms with Crippen LogP contribution in [-0.4, -0.2) is 47.4 Å². The lowest BCUT2D eigenvalue weighted by molar-refractivity contribution is -0.150. The van der Waals surface area contributed by atoms with Gasteiger partial charge in [0.1, 0.15) is 12.1 Å². The van der Waals surface area contributed by atoms with Crippen molar-refractivity contribution in [3.8, 4) is 0 Å². The first kappa shape index (κ1) is 20.4. The van der Waals surface area contributed by atoms with Gasteiger partial charge in [-0.05, 0) is 30.9 Å². The largest absolute Gasteiger partial charge is 0.454 e. The maximum Gasteiger partial charge on any atom is 0.326 e. The van der Waals surface area contributed by atoms with Crippen molar-refractivity contribution >= 4 is 29.5 Å². The summed E-state index contributed by atoms with van der Waals surface area (Å²) in [4.78, 5) is 48.9. The first-order chi connectivity index (χ1) is 12.7. The van der Waals surface area contributed by atoms with Crippen LogP contribution in [0.25, 0.3) is 0 Å². The lowest BCUT2D eigenvalue weighted by Crippen LogP contribution is -2.43. The molecule has 2 N–H and O–H groups in total. The molecule has 1 saturated heterocycles. The molecule has 8 nitrogen and oxygen atoms in total. The van der Waals surface area contributed by atoms with E-state index in [1.54, 1.807) is 26.0 Å². The molecule has 0 bridgehead atoms. The molecule has 1 aliphatic heterocycles. The fraction of sp³-hybridized carbons (Fsp3) is 0.474. The molecule has 1 atom stereocenters. The van der Waals surface area contributed by atoms with Crippen molar-refractivity contribution in [1.29, 1.82) is 0 Å². The summed E-state index contributed by atoms with van der Waals surface area (Å²) in [5.41, 5.74) is 0.603. The van der Waals surface area contributed by atoms with E-state index in [4.69, 9.17) is 4.74 Å². The zero-order chi connectivity index (χ0) is 20.2. The van der Waals surface area contributed by atoms with E-state index in [-0.39, 0.29) is 5.92 Å². The topological polar surface area (TPSA) is 105 Å². The van der Waals surface area contributed by atoms with Crippen molar-refractivity contribution < 1.29 is 23.9 Å². The van der Waals surface area contributed by atoms with Gasteiger partial charge in [0.15, 0.2) is 6.61 Å². The van der Waals surface area contributed by atoms with Crippen molar-refractivity contribution in [1.82, 2.24) is 10.2 Å². The van der Waals surface area contributed by atoms with E-state index in [2.05, 4.69) is 10.6 Å². The Kier molecular flexibility index (Phi) is 6.20. The fourth-order valence-electron chi connectivity index (χ4n) is 2.75. The molecule has 0 saturated carbocycles. The number of nitrogens with zero attached hydrogens (tertiary/aromatic N) is 1. The van der Waals surface area contributed by atoms with Crippen molar-refractivity contribution in [2.24, 2.45) is 0 Å². The first-order valence-electron chi connectivity index (χ1n) is 8.86. The van der Waals surface area contributed by atoms with Crippen molar-refractivity contribution in [2.75, 3.05) is 18.5 Å². The smallest absolute Gasteiger partial charge is 0.326 e. The molecule has 0 unspecified atom stereocenters. The van der Waals surface area contributed by atoms with Crippen LogP contribution in [0.5, 0.6) is 0 Å². The summed E-state index contributed by atoms with van der Waals surface area (Å²) in [6.07, 6.45) is 0.404. The molecule has 0 aliphatic carbocycles. The van der Waals surface area contributed by atoms with E-state index in [1.165, 1.54) is 0 Å². The Morgan fingerprint density at radius 2 is 1.93 bits per heavy atom. The zero-order valence-corrected chi connectivity index (χ0v) is 16.0. The summed E-state index contributed by atoms with van der Waals surface area (Å²) in [5.74, 6) is -1.59. The van der Waals surface area contributed by atoms with Crippen LogP contribution in [0.1, 0.15) is 45.6 Å². The van der Waals surface area contributed by atoms with E-state index in [9.17, 15) is 19.2 Å². The highest BCUT2D eigenvalue weighted by atomic mass is 16.5. The molecular formula is C19H25N3O5. The molecule has 1 aromatic rings. The quantitative estimate of drug-likeness (QED) is 0.560. The number of ether oxygens (including phenoxy) is 1. The number of hydrogen-bond donors (Lipinski definition) is 2. The first-order valence-corrected chi connectivity index (χ1v) is 8.86. The fourth-order valence-corrected chi connectivity index (χ4v) is 2.75. The Morgan fingerprint density at radius 1 is 1.26 bits per heavy atom. The highest BCUT2D eigenvalue weighted by Crippen LogP contribution is 2.23. The normalized spacial score (nSPS) is 19.2. The minimum atomic E-state index is -1.02. The number of amides is 4. The van der Waals surface area contributed by atoms with Crippen LogP contribution >= 0.6 is 0 Å². The van der Waals surface area contributed by atoms with Crippen LogP contribution in [0, 0.1) is 0 Å². The maximum atomic E-state index is 12.2. The summed E-state index contributed by atoms with van der Waals surface area (Å²) >= 11 is 0. The van der Waals surface area contributed by atoms with Crippen LogP contribution in [0.3, 0.4) is 0 Å². The molecule has 0 spiro atoms. The average molecular weight is 375 g/mol. The lowest BCUT2D eigenvalue weighted by atomic mass is 9.99. The van der Waals surface area contributed by atoms with Crippen molar-refractivity contribution in [2.45, 2.75) is 45.6 Å². The van der Waals surface area contributed by atoms with Gasteiger partial charge < -0.3 is 15.4 Å². The molecule has 4 amide bonds. The van der Waals surface area contributed by atoms with Gasteiger partial charge in [0, 0.05) is 5.69 Å². The molecule has 1 aliphatic rings. The second-order valence-corrected chi connectivity index (χ2v) is 6.96. The second-order valence-electron chi connectivity index (χ2n) is 6.96. The van der Waals surface area contributed by atoms with Gasteiger partial charge in [-0.15, -0.1) is 0 Å². The van der Waals surface area contributed by atoms with Gasteiger partial charge in [0.2, 0.25) is 0 Å². The minimum Gasteiger partial charge on any atom is -0.454 e. The highest BCUT2D eigenvalue weighted by molar-refractivity contribution is 6.08. The van der Waals surface area contributed by atoms with Gasteiger partial charge in [0.25, 0.3) is 11.8 Å². The molecule has 0 radical (unpaired) electrons. The number of benzene rings is 1. The number of urea groups is 1. The van der Waals surface area contributed by atoms with Crippen molar-refractivity contribution in [3.63, 3.8) is 0 Å². The molecule has 27 heavy (non-hydrogen) atoms. The molecule has 8 heteroatoms. The number of hydrogen-bond acceptors (Lipinski definition) is 5. The van der Waals surface area contributed by atoms with Crippen molar-refractivity contribution in [3.05, 3.63) is 29.8 Å². The summed E-state index contributed by atoms with van der Waals surface area (Å²) in [6.45, 7) is 6.34. The van der Waals surface area contributed by atoms with Gasteiger partial charge >= 0.3 is 12.0 Å². The third kappa shape index (κ3) is 4.64.